The van der Waals surface area contributed by atoms with Crippen molar-refractivity contribution < 1.29 is 4.42 Å². The number of rotatable bonds is 3. The van der Waals surface area contributed by atoms with Crippen LogP contribution in [-0.4, -0.2) is 27.7 Å². The van der Waals surface area contributed by atoms with E-state index in [1.807, 2.05) is 18.2 Å². The van der Waals surface area contributed by atoms with Crippen molar-refractivity contribution in [3.63, 3.8) is 0 Å². The van der Waals surface area contributed by atoms with E-state index in [-0.39, 0.29) is 0 Å². The molecule has 0 saturated carbocycles. The van der Waals surface area contributed by atoms with Gasteiger partial charge in [-0.2, -0.15) is 5.26 Å². The Morgan fingerprint density at radius 1 is 1.19 bits per heavy atom. The fourth-order valence-electron chi connectivity index (χ4n) is 3.44. The van der Waals surface area contributed by atoms with Crippen LogP contribution in [-0.2, 0) is 0 Å². The summed E-state index contributed by atoms with van der Waals surface area (Å²) in [5.41, 5.74) is 2.43. The maximum absolute atomic E-state index is 12.6. The van der Waals surface area contributed by atoms with Crippen molar-refractivity contribution in [3.8, 4) is 6.07 Å². The summed E-state index contributed by atoms with van der Waals surface area (Å²) in [6, 6.07) is 9.45. The van der Waals surface area contributed by atoms with Crippen LogP contribution in [0.4, 0.5) is 5.69 Å². The van der Waals surface area contributed by atoms with E-state index in [1.165, 1.54) is 6.07 Å². The maximum atomic E-state index is 12.6. The quantitative estimate of drug-likeness (QED) is 0.418. The molecule has 0 spiro atoms. The molecule has 0 aliphatic heterocycles. The zero-order chi connectivity index (χ0) is 18.4. The first-order valence-electron chi connectivity index (χ1n) is 8.49. The SMILES string of the molecule is CCN(CC)c1ccc2c(c1)oc(=O)c1cc(C#N)c3nnc(C)n3c12. The summed E-state index contributed by atoms with van der Waals surface area (Å²) in [5, 5.41) is 18.7. The van der Waals surface area contributed by atoms with Crippen molar-refractivity contribution in [1.29, 1.82) is 5.26 Å². The van der Waals surface area contributed by atoms with Crippen LogP contribution in [0.5, 0.6) is 0 Å². The zero-order valence-corrected chi connectivity index (χ0v) is 14.8. The number of aryl methyl sites for hydroxylation is 1. The number of hydrogen-bond acceptors (Lipinski definition) is 6. The van der Waals surface area contributed by atoms with Gasteiger partial charge in [0.05, 0.1) is 16.5 Å². The van der Waals surface area contributed by atoms with Gasteiger partial charge < -0.3 is 9.32 Å². The lowest BCUT2D eigenvalue weighted by molar-refractivity contribution is 0.569. The number of benzene rings is 1. The Hall–Kier alpha value is -3.40. The van der Waals surface area contributed by atoms with E-state index in [1.54, 1.807) is 11.3 Å². The maximum Gasteiger partial charge on any atom is 0.345 e. The molecular formula is C19H17N5O2. The Morgan fingerprint density at radius 3 is 2.65 bits per heavy atom. The molecule has 1 aromatic carbocycles. The van der Waals surface area contributed by atoms with Crippen molar-refractivity contribution in [2.45, 2.75) is 20.8 Å². The van der Waals surface area contributed by atoms with Crippen molar-refractivity contribution >= 4 is 33.2 Å². The van der Waals surface area contributed by atoms with Gasteiger partial charge in [-0.15, -0.1) is 10.2 Å². The highest BCUT2D eigenvalue weighted by molar-refractivity contribution is 6.04. The third-order valence-corrected chi connectivity index (χ3v) is 4.73. The summed E-state index contributed by atoms with van der Waals surface area (Å²) >= 11 is 0. The Kier molecular flexibility index (Phi) is 3.62. The highest BCUT2D eigenvalue weighted by atomic mass is 16.4. The average molecular weight is 347 g/mol. The second kappa shape index (κ2) is 5.85. The predicted octanol–water partition coefficient (Wildman–Crippen LogP) is 3.02. The molecule has 3 aromatic heterocycles. The molecule has 4 rings (SSSR count). The summed E-state index contributed by atoms with van der Waals surface area (Å²) in [6.07, 6.45) is 0. The van der Waals surface area contributed by atoms with Crippen LogP contribution in [0.25, 0.3) is 27.5 Å². The van der Waals surface area contributed by atoms with Gasteiger partial charge in [-0.3, -0.25) is 4.40 Å². The molecule has 0 saturated heterocycles. The summed E-state index contributed by atoms with van der Waals surface area (Å²) in [6.45, 7) is 7.68. The molecule has 0 fully saturated rings. The Morgan fingerprint density at radius 2 is 1.96 bits per heavy atom. The van der Waals surface area contributed by atoms with Gasteiger partial charge in [0.25, 0.3) is 0 Å². The van der Waals surface area contributed by atoms with Gasteiger partial charge in [0, 0.05) is 30.2 Å². The first-order chi connectivity index (χ1) is 12.6. The van der Waals surface area contributed by atoms with Gasteiger partial charge >= 0.3 is 5.63 Å². The zero-order valence-electron chi connectivity index (χ0n) is 14.8. The van der Waals surface area contributed by atoms with E-state index >= 15 is 0 Å². The molecule has 0 unspecified atom stereocenters. The largest absolute Gasteiger partial charge is 0.422 e. The Bertz CT molecular complexity index is 1260. The molecule has 0 aliphatic carbocycles. The minimum absolute atomic E-state index is 0.296. The van der Waals surface area contributed by atoms with Gasteiger partial charge in [-0.05, 0) is 39.0 Å². The Labute approximate surface area is 149 Å². The smallest absolute Gasteiger partial charge is 0.345 e. The second-order valence-corrected chi connectivity index (χ2v) is 6.08. The van der Waals surface area contributed by atoms with Gasteiger partial charge in [0.2, 0.25) is 0 Å². The van der Waals surface area contributed by atoms with Gasteiger partial charge in [0.15, 0.2) is 5.65 Å². The fourth-order valence-corrected chi connectivity index (χ4v) is 3.44. The predicted molar refractivity (Wildman–Crippen MR) is 99.5 cm³/mol. The van der Waals surface area contributed by atoms with Gasteiger partial charge in [-0.25, -0.2) is 4.79 Å². The third kappa shape index (κ3) is 2.15. The molecule has 4 aromatic rings. The van der Waals surface area contributed by atoms with Crippen molar-refractivity contribution in [1.82, 2.24) is 14.6 Å². The highest BCUT2D eigenvalue weighted by Gasteiger charge is 2.18. The normalized spacial score (nSPS) is 11.3. The summed E-state index contributed by atoms with van der Waals surface area (Å²) in [4.78, 5) is 14.8. The van der Waals surface area contributed by atoms with Crippen LogP contribution in [0, 0.1) is 18.3 Å². The van der Waals surface area contributed by atoms with E-state index in [0.29, 0.717) is 33.5 Å². The van der Waals surface area contributed by atoms with Crippen LogP contribution in [0.1, 0.15) is 25.2 Å². The molecule has 130 valence electrons. The lowest BCUT2D eigenvalue weighted by Gasteiger charge is -2.21. The molecule has 0 atom stereocenters. The molecule has 0 N–H and O–H groups in total. The van der Waals surface area contributed by atoms with E-state index in [2.05, 4.69) is 35.0 Å². The van der Waals surface area contributed by atoms with E-state index in [9.17, 15) is 10.1 Å². The van der Waals surface area contributed by atoms with Crippen LogP contribution in [0.2, 0.25) is 0 Å². The van der Waals surface area contributed by atoms with Crippen molar-refractivity contribution in [2.75, 3.05) is 18.0 Å². The van der Waals surface area contributed by atoms with Crippen LogP contribution >= 0.6 is 0 Å². The van der Waals surface area contributed by atoms with Crippen molar-refractivity contribution in [2.24, 2.45) is 0 Å². The minimum Gasteiger partial charge on any atom is -0.422 e. The number of nitrogens with zero attached hydrogens (tertiary/aromatic N) is 5. The number of pyridine rings is 1. The second-order valence-electron chi connectivity index (χ2n) is 6.08. The van der Waals surface area contributed by atoms with Crippen LogP contribution in [0.15, 0.2) is 33.5 Å². The van der Waals surface area contributed by atoms with Crippen molar-refractivity contribution in [3.05, 3.63) is 46.1 Å². The first-order valence-corrected chi connectivity index (χ1v) is 8.49. The van der Waals surface area contributed by atoms with Crippen LogP contribution < -0.4 is 10.5 Å². The third-order valence-electron chi connectivity index (χ3n) is 4.73. The molecule has 3 heterocycles. The summed E-state index contributed by atoms with van der Waals surface area (Å²) in [5.74, 6) is 0.613. The minimum atomic E-state index is -0.476. The molecule has 0 bridgehead atoms. The average Bonchev–Trinajstić information content (AvgIpc) is 3.04. The molecule has 7 heteroatoms. The van der Waals surface area contributed by atoms with E-state index in [4.69, 9.17) is 4.42 Å². The van der Waals surface area contributed by atoms with E-state index in [0.717, 1.165) is 24.2 Å². The lowest BCUT2D eigenvalue weighted by atomic mass is 10.1. The monoisotopic (exact) mass is 347 g/mol. The first kappa shape index (κ1) is 16.1. The van der Waals surface area contributed by atoms with E-state index < -0.39 is 5.63 Å². The molecule has 0 aliphatic rings. The van der Waals surface area contributed by atoms with Gasteiger partial charge in [-0.1, -0.05) is 0 Å². The molecular weight excluding hydrogens is 330 g/mol. The van der Waals surface area contributed by atoms with Crippen LogP contribution in [0.3, 0.4) is 0 Å². The number of aromatic nitrogens is 3. The molecule has 0 amide bonds. The molecule has 0 radical (unpaired) electrons. The van der Waals surface area contributed by atoms with Gasteiger partial charge in [0.1, 0.15) is 17.5 Å². The summed E-state index contributed by atoms with van der Waals surface area (Å²) < 4.78 is 7.33. The molecule has 26 heavy (non-hydrogen) atoms. The lowest BCUT2D eigenvalue weighted by Crippen LogP contribution is -2.21. The number of fused-ring (bicyclic) bond motifs is 5. The molecule has 7 nitrogen and oxygen atoms in total. The Balaban J connectivity index is 2.19. The number of anilines is 1. The highest BCUT2D eigenvalue weighted by Crippen LogP contribution is 2.29. The number of nitriles is 1. The number of hydrogen-bond donors (Lipinski definition) is 0. The standard InChI is InChI=1S/C19H17N5O2/c1-4-23(5-2)13-6-7-14-16(9-13)26-19(25)15-8-12(10-20)18-22-21-11(3)24(18)17(14)15/h6-9H,4-5H2,1-3H3. The topological polar surface area (TPSA) is 87.4 Å². The summed E-state index contributed by atoms with van der Waals surface area (Å²) in [7, 11) is 0. The fraction of sp³-hybridized carbons (Fsp3) is 0.263.